The Morgan fingerprint density at radius 1 is 0.289 bits per heavy atom. The first-order valence-electron chi connectivity index (χ1n) is 11.2. The lowest BCUT2D eigenvalue weighted by molar-refractivity contribution is 0.270. The zero-order valence-corrected chi connectivity index (χ0v) is 20.3. The van der Waals surface area contributed by atoms with E-state index in [1.807, 2.05) is 0 Å². The van der Waals surface area contributed by atoms with E-state index >= 15 is 35.1 Å². The summed E-state index contributed by atoms with van der Waals surface area (Å²) >= 11 is 0. The van der Waals surface area contributed by atoms with Crippen molar-refractivity contribution in [3.05, 3.63) is 111 Å². The molecule has 0 fully saturated rings. The monoisotopic (exact) mass is 681 g/mol. The Morgan fingerprint density at radius 3 is 0.733 bits per heavy atom. The van der Waals surface area contributed by atoms with Gasteiger partial charge in [0.05, 0.1) is 0 Å². The van der Waals surface area contributed by atoms with Crippen LogP contribution in [-0.4, -0.2) is 12.3 Å². The molecular weight excluding hydrogens is 679 g/mol. The van der Waals surface area contributed by atoms with E-state index in [1.165, 1.54) is 0 Å². The van der Waals surface area contributed by atoms with Crippen LogP contribution in [-0.2, 0) is 0 Å². The van der Waals surface area contributed by atoms with Crippen molar-refractivity contribution < 1.29 is 87.8 Å². The number of hydrogen-bond donors (Lipinski definition) is 0. The molecule has 0 spiro atoms. The van der Waals surface area contributed by atoms with Crippen LogP contribution in [0.25, 0.3) is 0 Å². The van der Waals surface area contributed by atoms with E-state index in [-0.39, 0.29) is 0 Å². The third-order valence-corrected chi connectivity index (χ3v) is 7.10. The van der Waals surface area contributed by atoms with Crippen molar-refractivity contribution in [2.45, 2.75) is 12.0 Å². The standard InChI is InChI=1S/C24H2BF20/c26-5-1(6(27)14(35)21(42)13(5)34)25(2-7(28)15(36)22(43)16(37)8(2)29,3-9(30)17(38)23(44)18(39)10(3)31)4-11(32)19(40)24(45)20(41)12(4)33/h1,5H/q-1. The van der Waals surface area contributed by atoms with Crippen LogP contribution in [0.15, 0.2) is 23.3 Å². The van der Waals surface area contributed by atoms with E-state index in [2.05, 4.69) is 0 Å². The lowest BCUT2D eigenvalue weighted by atomic mass is 9.09. The van der Waals surface area contributed by atoms with Crippen molar-refractivity contribution in [2.24, 2.45) is 0 Å². The molecule has 0 heterocycles. The van der Waals surface area contributed by atoms with Gasteiger partial charge in [-0.15, -0.1) is 16.4 Å². The number of hydrogen-bond acceptors (Lipinski definition) is 0. The zero-order chi connectivity index (χ0) is 34.4. The molecule has 242 valence electrons. The minimum absolute atomic E-state index is 3.28. The van der Waals surface area contributed by atoms with Crippen LogP contribution >= 0.6 is 0 Å². The van der Waals surface area contributed by atoms with Gasteiger partial charge >= 0.3 is 0 Å². The molecular formula is C24H2BF20-. The molecule has 4 rings (SSSR count). The van der Waals surface area contributed by atoms with E-state index < -0.39 is 145 Å². The van der Waals surface area contributed by atoms with E-state index in [0.717, 1.165) is 0 Å². The molecule has 1 aliphatic rings. The molecule has 0 saturated heterocycles. The molecule has 3 aromatic rings. The van der Waals surface area contributed by atoms with Gasteiger partial charge in [-0.25, -0.2) is 87.8 Å². The van der Waals surface area contributed by atoms with Crippen LogP contribution in [0.4, 0.5) is 87.8 Å². The molecule has 3 aromatic carbocycles. The van der Waals surface area contributed by atoms with Gasteiger partial charge in [-0.05, 0) is 0 Å². The Morgan fingerprint density at radius 2 is 0.489 bits per heavy atom. The summed E-state index contributed by atoms with van der Waals surface area (Å²) in [7, 11) is 0. The third kappa shape index (κ3) is 4.24. The van der Waals surface area contributed by atoms with Gasteiger partial charge in [0, 0.05) is 0 Å². The van der Waals surface area contributed by atoms with Crippen molar-refractivity contribution in [3.63, 3.8) is 0 Å². The van der Waals surface area contributed by atoms with Crippen molar-refractivity contribution in [1.29, 1.82) is 0 Å². The van der Waals surface area contributed by atoms with Crippen LogP contribution in [0.1, 0.15) is 0 Å². The van der Waals surface area contributed by atoms with Gasteiger partial charge in [0.25, 0.3) is 0 Å². The van der Waals surface area contributed by atoms with Gasteiger partial charge in [0.2, 0.25) is 0 Å². The summed E-state index contributed by atoms with van der Waals surface area (Å²) in [4.78, 5) is 0. The summed E-state index contributed by atoms with van der Waals surface area (Å²) in [6.45, 7) is 0. The Hall–Kier alpha value is -4.20. The Labute approximate surface area is 233 Å². The highest BCUT2D eigenvalue weighted by molar-refractivity contribution is 7.13. The summed E-state index contributed by atoms with van der Waals surface area (Å²) in [5.41, 5.74) is -10.6. The fourth-order valence-electron chi connectivity index (χ4n) is 5.27. The Balaban J connectivity index is 2.60. The quantitative estimate of drug-likeness (QED) is 0.118. The second-order valence-electron chi connectivity index (χ2n) is 9.14. The van der Waals surface area contributed by atoms with Crippen molar-refractivity contribution in [3.8, 4) is 0 Å². The molecule has 1 aliphatic carbocycles. The molecule has 0 saturated carbocycles. The number of allylic oxidation sites excluding steroid dienone is 4. The SMILES string of the molecule is FC1=C(F)C(F)C([B-](c2c(F)c(F)c(F)c(F)c2F)(c2c(F)c(F)c(F)c(F)c2F)c2c(F)c(F)c(F)c(F)c2F)C(F)=C1F. The molecule has 0 N–H and O–H groups in total. The highest BCUT2D eigenvalue weighted by Crippen LogP contribution is 2.49. The molecule has 0 aliphatic heterocycles. The van der Waals surface area contributed by atoms with Crippen molar-refractivity contribution in [2.75, 3.05) is 0 Å². The average Bonchev–Trinajstić information content (AvgIpc) is 3.00. The summed E-state index contributed by atoms with van der Waals surface area (Å²) in [6, 6.07) is 0. The molecule has 0 aromatic heterocycles. The largest absolute Gasteiger partial charge is 0.242 e. The van der Waals surface area contributed by atoms with Crippen molar-refractivity contribution in [1.82, 2.24) is 0 Å². The fourth-order valence-corrected chi connectivity index (χ4v) is 5.27. The second-order valence-corrected chi connectivity index (χ2v) is 9.14. The van der Waals surface area contributed by atoms with Gasteiger partial charge in [-0.2, -0.15) is 0 Å². The van der Waals surface area contributed by atoms with Gasteiger partial charge in [0.1, 0.15) is 53.0 Å². The third-order valence-electron chi connectivity index (χ3n) is 7.10. The highest BCUT2D eigenvalue weighted by Gasteiger charge is 2.58. The van der Waals surface area contributed by atoms with Gasteiger partial charge in [-0.1, -0.05) is 5.82 Å². The summed E-state index contributed by atoms with van der Waals surface area (Å²) in [5.74, 6) is -71.7. The molecule has 0 amide bonds. The molecule has 45 heavy (non-hydrogen) atoms. The molecule has 0 bridgehead atoms. The summed E-state index contributed by atoms with van der Waals surface area (Å²) in [5, 5.41) is 0. The molecule has 2 atom stereocenters. The minimum atomic E-state index is -7.10. The molecule has 2 unspecified atom stereocenters. The zero-order valence-electron chi connectivity index (χ0n) is 20.3. The smallest absolute Gasteiger partial charge is 0.200 e. The van der Waals surface area contributed by atoms with Gasteiger partial charge < -0.3 is 0 Å². The summed E-state index contributed by atoms with van der Waals surface area (Å²) in [6.07, 6.45) is -11.9. The fraction of sp³-hybridized carbons (Fsp3) is 0.0833. The van der Waals surface area contributed by atoms with Crippen LogP contribution in [0.3, 0.4) is 0 Å². The van der Waals surface area contributed by atoms with Gasteiger partial charge in [0.15, 0.2) is 69.8 Å². The number of benzene rings is 3. The average molecular weight is 681 g/mol. The number of rotatable bonds is 4. The number of halogens is 20. The molecule has 21 heteroatoms. The molecule has 0 nitrogen and oxygen atoms in total. The Kier molecular flexibility index (Phi) is 8.24. The van der Waals surface area contributed by atoms with Gasteiger partial charge in [-0.3, -0.25) is 0 Å². The van der Waals surface area contributed by atoms with Crippen LogP contribution < -0.4 is 16.4 Å². The predicted molar refractivity (Wildman–Crippen MR) is 110 cm³/mol. The van der Waals surface area contributed by atoms with Crippen LogP contribution in [0.2, 0.25) is 5.82 Å². The van der Waals surface area contributed by atoms with E-state index in [1.54, 1.807) is 0 Å². The van der Waals surface area contributed by atoms with Crippen LogP contribution in [0.5, 0.6) is 0 Å². The van der Waals surface area contributed by atoms with Crippen molar-refractivity contribution >= 4 is 22.5 Å². The summed E-state index contributed by atoms with van der Waals surface area (Å²) < 4.78 is 295. The highest BCUT2D eigenvalue weighted by atomic mass is 19.2. The first-order chi connectivity index (χ1) is 20.7. The maximum atomic E-state index is 15.5. The second kappa shape index (κ2) is 11.0. The first-order valence-corrected chi connectivity index (χ1v) is 11.2. The maximum Gasteiger partial charge on any atom is 0.200 e. The Bertz CT molecular complexity index is 1620. The topological polar surface area (TPSA) is 0 Å². The molecule has 0 radical (unpaired) electrons. The normalized spacial score (nSPS) is 17.6. The van der Waals surface area contributed by atoms with Crippen LogP contribution in [0, 0.1) is 87.3 Å². The lowest BCUT2D eigenvalue weighted by Crippen LogP contribution is -2.77. The minimum Gasteiger partial charge on any atom is -0.242 e. The van der Waals surface area contributed by atoms with E-state index in [4.69, 9.17) is 0 Å². The van der Waals surface area contributed by atoms with E-state index in [0.29, 0.717) is 0 Å². The predicted octanol–water partition coefficient (Wildman–Crippen LogP) is 7.27. The lowest BCUT2D eigenvalue weighted by Gasteiger charge is -2.50. The first kappa shape index (κ1) is 33.7. The van der Waals surface area contributed by atoms with E-state index in [9.17, 15) is 52.7 Å². The maximum absolute atomic E-state index is 15.5. The number of alkyl halides is 1.